The summed E-state index contributed by atoms with van der Waals surface area (Å²) >= 11 is 0. The Labute approximate surface area is 136 Å². The van der Waals surface area contributed by atoms with Crippen LogP contribution in [0.15, 0.2) is 24.3 Å². The molecule has 1 atom stereocenters. The monoisotopic (exact) mass is 338 g/mol. The number of hydrogen-bond donors (Lipinski definition) is 1. The molecule has 1 aromatic carbocycles. The van der Waals surface area contributed by atoms with Crippen LogP contribution in [0.1, 0.15) is 17.2 Å². The van der Waals surface area contributed by atoms with Crippen LogP contribution in [0.5, 0.6) is 5.75 Å². The van der Waals surface area contributed by atoms with Gasteiger partial charge in [0.1, 0.15) is 23.4 Å². The van der Waals surface area contributed by atoms with Gasteiger partial charge in [0.25, 0.3) is 0 Å². The van der Waals surface area contributed by atoms with Crippen molar-refractivity contribution < 1.29 is 23.4 Å². The van der Waals surface area contributed by atoms with E-state index in [4.69, 9.17) is 0 Å². The van der Waals surface area contributed by atoms with Gasteiger partial charge in [-0.3, -0.25) is 9.69 Å². The number of ether oxygens (including phenoxy) is 1. The zero-order valence-corrected chi connectivity index (χ0v) is 12.9. The Hall–Kier alpha value is -2.55. The Morgan fingerprint density at radius 1 is 1.46 bits per heavy atom. The summed E-state index contributed by atoms with van der Waals surface area (Å²) in [6, 6.07) is 5.50. The number of fused-ring (bicyclic) bond motifs is 1. The van der Waals surface area contributed by atoms with Gasteiger partial charge in [0.05, 0.1) is 13.1 Å². The van der Waals surface area contributed by atoms with Crippen LogP contribution in [-0.2, 0) is 24.4 Å². The minimum atomic E-state index is -2.90. The van der Waals surface area contributed by atoms with E-state index < -0.39 is 18.6 Å². The lowest BCUT2D eigenvalue weighted by Gasteiger charge is -2.33. The number of aryl methyl sites for hydroxylation is 1. The smallest absolute Gasteiger partial charge is 0.387 e. The number of halogens is 2. The van der Waals surface area contributed by atoms with Gasteiger partial charge in [-0.25, -0.2) is 0 Å². The molecule has 7 nitrogen and oxygen atoms in total. The highest BCUT2D eigenvalue weighted by molar-refractivity contribution is 5.73. The van der Waals surface area contributed by atoms with Crippen LogP contribution in [0.4, 0.5) is 8.78 Å². The predicted octanol–water partition coefficient (Wildman–Crippen LogP) is 1.66. The molecule has 0 amide bonds. The SMILES string of the molecule is Cc1nnc2n1CC(C(=O)O)N(Cc1cccc(OC(F)F)c1)C2. The van der Waals surface area contributed by atoms with Crippen molar-refractivity contribution in [3.05, 3.63) is 41.5 Å². The van der Waals surface area contributed by atoms with E-state index in [1.807, 2.05) is 0 Å². The molecule has 1 unspecified atom stereocenters. The van der Waals surface area contributed by atoms with Crippen molar-refractivity contribution >= 4 is 5.97 Å². The standard InChI is InChI=1S/C15H16F2N4O3/c1-9-18-19-13-8-20(12(14(22)23)7-21(9)13)6-10-3-2-4-11(5-10)24-15(16)17/h2-5,12,15H,6-8H2,1H3,(H,22,23). The summed E-state index contributed by atoms with van der Waals surface area (Å²) in [5.74, 6) is 0.451. The van der Waals surface area contributed by atoms with Crippen molar-refractivity contribution in [2.45, 2.75) is 39.2 Å². The number of aliphatic carboxylic acids is 1. The summed E-state index contributed by atoms with van der Waals surface area (Å²) in [4.78, 5) is 13.3. The lowest BCUT2D eigenvalue weighted by molar-refractivity contribution is -0.145. The van der Waals surface area contributed by atoms with E-state index in [0.717, 1.165) is 0 Å². The van der Waals surface area contributed by atoms with E-state index in [-0.39, 0.29) is 18.8 Å². The first-order chi connectivity index (χ1) is 11.4. The Morgan fingerprint density at radius 2 is 2.25 bits per heavy atom. The van der Waals surface area contributed by atoms with Crippen molar-refractivity contribution in [1.29, 1.82) is 0 Å². The molecule has 0 spiro atoms. The Morgan fingerprint density at radius 3 is 2.96 bits per heavy atom. The van der Waals surface area contributed by atoms with E-state index in [0.29, 0.717) is 23.8 Å². The number of carboxylic acid groups (broad SMARTS) is 1. The van der Waals surface area contributed by atoms with Crippen molar-refractivity contribution in [3.8, 4) is 5.75 Å². The van der Waals surface area contributed by atoms with Gasteiger partial charge in [0.2, 0.25) is 0 Å². The fraction of sp³-hybridized carbons (Fsp3) is 0.400. The van der Waals surface area contributed by atoms with E-state index in [9.17, 15) is 18.7 Å². The summed E-state index contributed by atoms with van der Waals surface area (Å²) in [5.41, 5.74) is 0.684. The molecule has 24 heavy (non-hydrogen) atoms. The highest BCUT2D eigenvalue weighted by Gasteiger charge is 2.33. The molecule has 0 bridgehead atoms. The second-order valence-corrected chi connectivity index (χ2v) is 5.56. The molecule has 0 saturated carbocycles. The lowest BCUT2D eigenvalue weighted by atomic mass is 10.1. The zero-order chi connectivity index (χ0) is 17.3. The fourth-order valence-electron chi connectivity index (χ4n) is 2.81. The summed E-state index contributed by atoms with van der Waals surface area (Å²) in [5, 5.41) is 17.5. The molecule has 3 rings (SSSR count). The van der Waals surface area contributed by atoms with Crippen LogP contribution >= 0.6 is 0 Å². The Bertz CT molecular complexity index is 750. The number of benzene rings is 1. The third-order valence-electron chi connectivity index (χ3n) is 3.95. The lowest BCUT2D eigenvalue weighted by Crippen LogP contribution is -2.47. The van der Waals surface area contributed by atoms with E-state index in [1.54, 1.807) is 28.5 Å². The van der Waals surface area contributed by atoms with Gasteiger partial charge >= 0.3 is 12.6 Å². The van der Waals surface area contributed by atoms with Gasteiger partial charge < -0.3 is 14.4 Å². The molecular weight excluding hydrogens is 322 g/mol. The van der Waals surface area contributed by atoms with Crippen molar-refractivity contribution in [3.63, 3.8) is 0 Å². The van der Waals surface area contributed by atoms with Crippen LogP contribution < -0.4 is 4.74 Å². The number of hydrogen-bond acceptors (Lipinski definition) is 5. The van der Waals surface area contributed by atoms with E-state index in [1.165, 1.54) is 12.1 Å². The molecule has 0 aliphatic carbocycles. The molecule has 128 valence electrons. The average molecular weight is 338 g/mol. The molecule has 1 aliphatic heterocycles. The second kappa shape index (κ2) is 6.52. The fourth-order valence-corrected chi connectivity index (χ4v) is 2.81. The van der Waals surface area contributed by atoms with Crippen molar-refractivity contribution in [2.24, 2.45) is 0 Å². The van der Waals surface area contributed by atoms with Crippen LogP contribution in [-0.4, -0.2) is 43.4 Å². The number of carboxylic acids is 1. The van der Waals surface area contributed by atoms with Gasteiger partial charge in [-0.05, 0) is 24.6 Å². The molecule has 0 fully saturated rings. The molecule has 0 radical (unpaired) electrons. The average Bonchev–Trinajstić information content (AvgIpc) is 2.86. The summed E-state index contributed by atoms with van der Waals surface area (Å²) in [6.45, 7) is -0.280. The first-order valence-corrected chi connectivity index (χ1v) is 7.33. The molecule has 2 aromatic rings. The van der Waals surface area contributed by atoms with Crippen molar-refractivity contribution in [2.75, 3.05) is 0 Å². The zero-order valence-electron chi connectivity index (χ0n) is 12.9. The predicted molar refractivity (Wildman–Crippen MR) is 78.5 cm³/mol. The Balaban J connectivity index is 1.81. The highest BCUT2D eigenvalue weighted by Crippen LogP contribution is 2.23. The van der Waals surface area contributed by atoms with Crippen LogP contribution in [0, 0.1) is 6.92 Å². The number of nitrogens with zero attached hydrogens (tertiary/aromatic N) is 4. The third kappa shape index (κ3) is 3.35. The third-order valence-corrected chi connectivity index (χ3v) is 3.95. The number of aromatic nitrogens is 3. The van der Waals surface area contributed by atoms with Gasteiger partial charge in [0.15, 0.2) is 0 Å². The first-order valence-electron chi connectivity index (χ1n) is 7.33. The highest BCUT2D eigenvalue weighted by atomic mass is 19.3. The molecule has 0 saturated heterocycles. The maximum atomic E-state index is 12.3. The second-order valence-electron chi connectivity index (χ2n) is 5.56. The summed E-state index contributed by atoms with van der Waals surface area (Å²) in [6.07, 6.45) is 0. The summed E-state index contributed by atoms with van der Waals surface area (Å²) < 4.78 is 30.8. The first kappa shape index (κ1) is 16.3. The van der Waals surface area contributed by atoms with Crippen molar-refractivity contribution in [1.82, 2.24) is 19.7 Å². The molecule has 9 heteroatoms. The van der Waals surface area contributed by atoms with Crippen LogP contribution in [0.3, 0.4) is 0 Å². The maximum Gasteiger partial charge on any atom is 0.387 e. The minimum Gasteiger partial charge on any atom is -0.480 e. The molecule has 1 N–H and O–H groups in total. The molecule has 2 heterocycles. The quantitative estimate of drug-likeness (QED) is 0.893. The van der Waals surface area contributed by atoms with E-state index >= 15 is 0 Å². The maximum absolute atomic E-state index is 12.3. The Kier molecular flexibility index (Phi) is 4.43. The van der Waals surface area contributed by atoms with Gasteiger partial charge in [-0.2, -0.15) is 8.78 Å². The van der Waals surface area contributed by atoms with Gasteiger partial charge in [-0.15, -0.1) is 10.2 Å². The van der Waals surface area contributed by atoms with E-state index in [2.05, 4.69) is 14.9 Å². The number of carbonyl (C=O) groups is 1. The minimum absolute atomic E-state index is 0.0467. The largest absolute Gasteiger partial charge is 0.480 e. The topological polar surface area (TPSA) is 80.5 Å². The van der Waals surface area contributed by atoms with Gasteiger partial charge in [-0.1, -0.05) is 12.1 Å². The number of alkyl halides is 2. The molecule has 1 aromatic heterocycles. The summed E-state index contributed by atoms with van der Waals surface area (Å²) in [7, 11) is 0. The number of rotatable bonds is 5. The van der Waals surface area contributed by atoms with Gasteiger partial charge in [0, 0.05) is 6.54 Å². The molecular formula is C15H16F2N4O3. The molecule has 1 aliphatic rings. The normalized spacial score (nSPS) is 17.8. The van der Waals surface area contributed by atoms with Crippen LogP contribution in [0.2, 0.25) is 0 Å². The van der Waals surface area contributed by atoms with Crippen LogP contribution in [0.25, 0.3) is 0 Å².